The molecular weight excluding hydrogens is 382 g/mol. The van der Waals surface area contributed by atoms with Crippen molar-refractivity contribution < 1.29 is 14.3 Å². The molecule has 8 nitrogen and oxygen atoms in total. The number of hydrogen-bond donors (Lipinski definition) is 1. The second-order valence-electron chi connectivity index (χ2n) is 5.62. The summed E-state index contributed by atoms with van der Waals surface area (Å²) < 4.78 is 12.0. The highest BCUT2D eigenvalue weighted by Crippen LogP contribution is 2.36. The number of amides is 1. The van der Waals surface area contributed by atoms with Gasteiger partial charge in [-0.05, 0) is 29.8 Å². The summed E-state index contributed by atoms with van der Waals surface area (Å²) in [4.78, 5) is 20.4. The van der Waals surface area contributed by atoms with Crippen LogP contribution in [0.4, 0.5) is 0 Å². The van der Waals surface area contributed by atoms with Gasteiger partial charge in [0.15, 0.2) is 17.3 Å². The number of ether oxygens (including phenoxy) is 2. The number of hydrogen-bond acceptors (Lipinski definition) is 6. The van der Waals surface area contributed by atoms with Crippen molar-refractivity contribution in [3.63, 3.8) is 0 Å². The number of aromatic nitrogens is 4. The molecule has 0 bridgehead atoms. The van der Waals surface area contributed by atoms with E-state index < -0.39 is 0 Å². The molecule has 2 aromatic heterocycles. The number of rotatable bonds is 7. The van der Waals surface area contributed by atoms with Crippen molar-refractivity contribution in [1.29, 1.82) is 0 Å². The molecule has 0 fully saturated rings. The Hall–Kier alpha value is -3.39. The van der Waals surface area contributed by atoms with Crippen molar-refractivity contribution in [3.05, 3.63) is 65.3 Å². The van der Waals surface area contributed by atoms with Gasteiger partial charge in [0.25, 0.3) is 0 Å². The number of carbonyl (C=O) groups excluding carboxylic acids is 1. The van der Waals surface area contributed by atoms with E-state index in [1.54, 1.807) is 41.5 Å². The number of halogens is 1. The topological polar surface area (TPSA) is 91.2 Å². The lowest BCUT2D eigenvalue weighted by atomic mass is 10.2. The number of carbonyl (C=O) groups is 1. The summed E-state index contributed by atoms with van der Waals surface area (Å²) >= 11 is 6.18. The van der Waals surface area contributed by atoms with Crippen molar-refractivity contribution in [1.82, 2.24) is 25.1 Å². The molecule has 0 saturated heterocycles. The molecule has 1 aromatic carbocycles. The molecule has 0 aliphatic heterocycles. The Kier molecular flexibility index (Phi) is 6.23. The maximum absolute atomic E-state index is 12.2. The number of nitrogens with zero attached hydrogens (tertiary/aromatic N) is 4. The van der Waals surface area contributed by atoms with Gasteiger partial charge in [-0.2, -0.15) is 5.10 Å². The first kappa shape index (κ1) is 19.4. The van der Waals surface area contributed by atoms with Gasteiger partial charge >= 0.3 is 0 Å². The summed E-state index contributed by atoms with van der Waals surface area (Å²) in [5.41, 5.74) is 1.52. The third kappa shape index (κ3) is 4.47. The zero-order valence-corrected chi connectivity index (χ0v) is 16.1. The molecule has 0 radical (unpaired) electrons. The van der Waals surface area contributed by atoms with E-state index in [0.29, 0.717) is 34.4 Å². The first-order chi connectivity index (χ1) is 13.6. The highest BCUT2D eigenvalue weighted by molar-refractivity contribution is 6.32. The van der Waals surface area contributed by atoms with E-state index in [0.717, 1.165) is 5.56 Å². The molecule has 0 spiro atoms. The van der Waals surface area contributed by atoms with Crippen LogP contribution >= 0.6 is 11.6 Å². The third-order valence-corrected chi connectivity index (χ3v) is 4.12. The lowest BCUT2D eigenvalue weighted by molar-refractivity contribution is -0.116. The quantitative estimate of drug-likeness (QED) is 0.614. The van der Waals surface area contributed by atoms with Crippen LogP contribution < -0.4 is 14.8 Å². The van der Waals surface area contributed by atoms with Gasteiger partial charge in [-0.1, -0.05) is 17.7 Å². The first-order valence-electron chi connectivity index (χ1n) is 8.28. The van der Waals surface area contributed by atoms with Gasteiger partial charge in [-0.25, -0.2) is 14.6 Å². The number of benzene rings is 1. The molecule has 28 heavy (non-hydrogen) atoms. The minimum absolute atomic E-state index is 0.265. The summed E-state index contributed by atoms with van der Waals surface area (Å²) in [6.45, 7) is 0.291. The smallest absolute Gasteiger partial charge is 0.244 e. The molecule has 9 heteroatoms. The summed E-state index contributed by atoms with van der Waals surface area (Å²) in [5, 5.41) is 7.29. The maximum atomic E-state index is 12.2. The average Bonchev–Trinajstić information content (AvgIpc) is 3.25. The lowest BCUT2D eigenvalue weighted by Gasteiger charge is -2.10. The first-order valence-corrected chi connectivity index (χ1v) is 8.66. The number of pyridine rings is 1. The van der Waals surface area contributed by atoms with Crippen LogP contribution in [0.15, 0.2) is 49.2 Å². The summed E-state index contributed by atoms with van der Waals surface area (Å²) in [5.74, 6) is 1.28. The van der Waals surface area contributed by atoms with Gasteiger partial charge in [-0.3, -0.25) is 4.79 Å². The van der Waals surface area contributed by atoms with Crippen LogP contribution in [0.2, 0.25) is 5.02 Å². The molecule has 2 heterocycles. The summed E-state index contributed by atoms with van der Waals surface area (Å²) in [6.07, 6.45) is 7.69. The van der Waals surface area contributed by atoms with Crippen molar-refractivity contribution in [2.24, 2.45) is 0 Å². The van der Waals surface area contributed by atoms with Gasteiger partial charge < -0.3 is 14.8 Å². The van der Waals surface area contributed by atoms with Crippen molar-refractivity contribution in [2.45, 2.75) is 6.54 Å². The minimum atomic E-state index is -0.265. The highest BCUT2D eigenvalue weighted by atomic mass is 35.5. The Morgan fingerprint density at radius 1 is 1.32 bits per heavy atom. The van der Waals surface area contributed by atoms with E-state index >= 15 is 0 Å². The van der Waals surface area contributed by atoms with Crippen LogP contribution in [0.5, 0.6) is 11.5 Å². The lowest BCUT2D eigenvalue weighted by Crippen LogP contribution is -2.21. The molecule has 1 N–H and O–H groups in total. The van der Waals surface area contributed by atoms with Gasteiger partial charge in [-0.15, -0.1) is 0 Å². The largest absolute Gasteiger partial charge is 0.493 e. The van der Waals surface area contributed by atoms with Crippen molar-refractivity contribution in [2.75, 3.05) is 14.2 Å². The Balaban J connectivity index is 1.68. The second-order valence-corrected chi connectivity index (χ2v) is 6.02. The van der Waals surface area contributed by atoms with E-state index in [1.165, 1.54) is 26.6 Å². The van der Waals surface area contributed by atoms with Gasteiger partial charge in [0, 0.05) is 24.4 Å². The van der Waals surface area contributed by atoms with Crippen LogP contribution in [-0.2, 0) is 11.3 Å². The second kappa shape index (κ2) is 9.01. The van der Waals surface area contributed by atoms with Gasteiger partial charge in [0.05, 0.1) is 19.2 Å². The van der Waals surface area contributed by atoms with Crippen LogP contribution in [0, 0.1) is 0 Å². The molecule has 3 rings (SSSR count). The Morgan fingerprint density at radius 3 is 2.89 bits per heavy atom. The zero-order valence-electron chi connectivity index (χ0n) is 15.3. The fourth-order valence-corrected chi connectivity index (χ4v) is 2.84. The maximum Gasteiger partial charge on any atom is 0.244 e. The van der Waals surface area contributed by atoms with Crippen molar-refractivity contribution >= 4 is 23.6 Å². The third-order valence-electron chi connectivity index (χ3n) is 3.84. The molecule has 0 atom stereocenters. The van der Waals surface area contributed by atoms with E-state index in [4.69, 9.17) is 21.1 Å². The summed E-state index contributed by atoms with van der Waals surface area (Å²) in [6, 6.07) is 7.08. The molecule has 0 unspecified atom stereocenters. The van der Waals surface area contributed by atoms with Crippen molar-refractivity contribution in [3.8, 4) is 17.3 Å². The Morgan fingerprint density at radius 2 is 2.18 bits per heavy atom. The summed E-state index contributed by atoms with van der Waals surface area (Å²) in [7, 11) is 3.04. The standard InChI is InChI=1S/C19H18ClN5O3/c1-27-16-9-13(8-15(20)18(16)28-2)5-6-17(26)23-10-14-4-3-7-22-19(14)25-12-21-11-24-25/h3-9,11-12H,10H2,1-2H3,(H,23,26)/b6-5+. The molecule has 0 aliphatic carbocycles. The normalized spacial score (nSPS) is 10.8. The molecular formula is C19H18ClN5O3. The van der Waals surface area contributed by atoms with Crippen LogP contribution in [0.1, 0.15) is 11.1 Å². The Bertz CT molecular complexity index is 989. The number of methoxy groups -OCH3 is 2. The van der Waals surface area contributed by atoms with Gasteiger partial charge in [0.2, 0.25) is 5.91 Å². The van der Waals surface area contributed by atoms with Crippen LogP contribution in [0.3, 0.4) is 0 Å². The monoisotopic (exact) mass is 399 g/mol. The average molecular weight is 400 g/mol. The number of nitrogens with one attached hydrogen (secondary N) is 1. The van der Waals surface area contributed by atoms with Crippen LogP contribution in [0.25, 0.3) is 11.9 Å². The van der Waals surface area contributed by atoms with E-state index in [1.807, 2.05) is 6.07 Å². The molecule has 144 valence electrons. The predicted octanol–water partition coefficient (Wildman–Crippen LogP) is 2.66. The minimum Gasteiger partial charge on any atom is -0.493 e. The van der Waals surface area contributed by atoms with Gasteiger partial charge in [0.1, 0.15) is 12.7 Å². The predicted molar refractivity (Wildman–Crippen MR) is 105 cm³/mol. The molecule has 1 amide bonds. The zero-order chi connectivity index (χ0) is 19.9. The SMILES string of the molecule is COc1cc(/C=C/C(=O)NCc2cccnc2-n2cncn2)cc(Cl)c1OC. The molecule has 3 aromatic rings. The Labute approximate surface area is 166 Å². The van der Waals surface area contributed by atoms with Crippen LogP contribution in [-0.4, -0.2) is 39.9 Å². The van der Waals surface area contributed by atoms with E-state index in [9.17, 15) is 4.79 Å². The fourth-order valence-electron chi connectivity index (χ4n) is 2.54. The van der Waals surface area contributed by atoms with E-state index in [2.05, 4.69) is 20.4 Å². The molecule has 0 saturated carbocycles. The highest BCUT2D eigenvalue weighted by Gasteiger charge is 2.10. The van der Waals surface area contributed by atoms with E-state index in [-0.39, 0.29) is 5.91 Å². The fraction of sp³-hybridized carbons (Fsp3) is 0.158. The molecule has 0 aliphatic rings.